The summed E-state index contributed by atoms with van der Waals surface area (Å²) < 4.78 is 23.0. The number of amides is 1. The molecule has 2 saturated heterocycles. The van der Waals surface area contributed by atoms with E-state index in [1.54, 1.807) is 12.4 Å². The zero-order chi connectivity index (χ0) is 15.7. The minimum Gasteiger partial charge on any atom is -0.340 e. The first-order valence-corrected chi connectivity index (χ1v) is 9.35. The van der Waals surface area contributed by atoms with Gasteiger partial charge in [-0.05, 0) is 31.2 Å². The van der Waals surface area contributed by atoms with E-state index in [9.17, 15) is 13.2 Å². The Hall–Kier alpha value is -1.47. The van der Waals surface area contributed by atoms with Crippen molar-refractivity contribution in [2.75, 3.05) is 38.2 Å². The van der Waals surface area contributed by atoms with Crippen LogP contribution in [0.3, 0.4) is 0 Å². The second-order valence-electron chi connectivity index (χ2n) is 6.25. The van der Waals surface area contributed by atoms with E-state index in [-0.39, 0.29) is 23.5 Å². The van der Waals surface area contributed by atoms with Crippen molar-refractivity contribution in [2.45, 2.75) is 18.4 Å². The van der Waals surface area contributed by atoms with Gasteiger partial charge in [0.25, 0.3) is 0 Å². The monoisotopic (exact) mass is 323 g/mol. The first-order valence-electron chi connectivity index (χ1n) is 7.53. The lowest BCUT2D eigenvalue weighted by Gasteiger charge is -2.40. The van der Waals surface area contributed by atoms with Crippen molar-refractivity contribution in [1.29, 1.82) is 0 Å². The van der Waals surface area contributed by atoms with Crippen LogP contribution in [-0.4, -0.2) is 73.3 Å². The lowest BCUT2D eigenvalue weighted by Crippen LogP contribution is -2.52. The Balaban J connectivity index is 1.48. The molecule has 0 bridgehead atoms. The lowest BCUT2D eigenvalue weighted by atomic mass is 9.92. The largest absolute Gasteiger partial charge is 0.340 e. The van der Waals surface area contributed by atoms with E-state index in [2.05, 4.69) is 4.98 Å². The Morgan fingerprint density at radius 2 is 2.05 bits per heavy atom. The minimum atomic E-state index is -2.91. The zero-order valence-electron chi connectivity index (χ0n) is 12.7. The average molecular weight is 323 g/mol. The minimum absolute atomic E-state index is 0.0220. The average Bonchev–Trinajstić information content (AvgIpc) is 2.79. The molecule has 0 spiro atoms. The van der Waals surface area contributed by atoms with E-state index < -0.39 is 9.84 Å². The summed E-state index contributed by atoms with van der Waals surface area (Å²) >= 11 is 0. The Morgan fingerprint density at radius 3 is 2.64 bits per heavy atom. The number of rotatable bonds is 4. The zero-order valence-corrected chi connectivity index (χ0v) is 13.5. The van der Waals surface area contributed by atoms with Crippen molar-refractivity contribution in [3.8, 4) is 0 Å². The summed E-state index contributed by atoms with van der Waals surface area (Å²) in [7, 11) is -1.07. The van der Waals surface area contributed by atoms with E-state index in [1.807, 2.05) is 29.0 Å². The Labute approximate surface area is 131 Å². The molecule has 1 atom stereocenters. The number of likely N-dealkylation sites (tertiary alicyclic amines) is 1. The Morgan fingerprint density at radius 1 is 1.36 bits per heavy atom. The maximum absolute atomic E-state index is 12.3. The summed E-state index contributed by atoms with van der Waals surface area (Å²) in [6.45, 7) is 1.77. The SMILES string of the molecule is CN(CC(=O)N1CC(c2ccncc2)C1)[C@@H]1CCS(=O)(=O)C1. The van der Waals surface area contributed by atoms with E-state index in [0.29, 0.717) is 18.9 Å². The van der Waals surface area contributed by atoms with Gasteiger partial charge in [-0.25, -0.2) is 8.42 Å². The van der Waals surface area contributed by atoms with Gasteiger partial charge in [-0.3, -0.25) is 14.7 Å². The summed E-state index contributed by atoms with van der Waals surface area (Å²) in [5.74, 6) is 0.890. The molecular formula is C15H21N3O3S. The van der Waals surface area contributed by atoms with Gasteiger partial charge in [0.2, 0.25) is 5.91 Å². The van der Waals surface area contributed by atoms with Crippen molar-refractivity contribution in [2.24, 2.45) is 0 Å². The topological polar surface area (TPSA) is 70.6 Å². The summed E-state index contributed by atoms with van der Waals surface area (Å²) in [5, 5.41) is 0. The quantitative estimate of drug-likeness (QED) is 0.787. The molecule has 0 aromatic carbocycles. The molecule has 0 radical (unpaired) electrons. The Kier molecular flexibility index (Phi) is 4.18. The maximum Gasteiger partial charge on any atom is 0.236 e. The van der Waals surface area contributed by atoms with Crippen molar-refractivity contribution in [1.82, 2.24) is 14.8 Å². The van der Waals surface area contributed by atoms with Crippen LogP contribution in [0.15, 0.2) is 24.5 Å². The van der Waals surface area contributed by atoms with Crippen molar-refractivity contribution in [3.63, 3.8) is 0 Å². The molecule has 0 saturated carbocycles. The smallest absolute Gasteiger partial charge is 0.236 e. The van der Waals surface area contributed by atoms with Gasteiger partial charge in [0.15, 0.2) is 9.84 Å². The highest BCUT2D eigenvalue weighted by atomic mass is 32.2. The summed E-state index contributed by atoms with van der Waals surface area (Å²) in [5.41, 5.74) is 1.22. The highest BCUT2D eigenvalue weighted by Gasteiger charge is 2.35. The highest BCUT2D eigenvalue weighted by molar-refractivity contribution is 7.91. The number of hydrogen-bond donors (Lipinski definition) is 0. The van der Waals surface area contributed by atoms with E-state index >= 15 is 0 Å². The number of sulfone groups is 1. The molecule has 2 aliphatic rings. The van der Waals surface area contributed by atoms with Crippen LogP contribution in [0.4, 0.5) is 0 Å². The third-order valence-electron chi connectivity index (χ3n) is 4.63. The predicted octanol–water partition coefficient (Wildman–Crippen LogP) is 0.126. The van der Waals surface area contributed by atoms with Gasteiger partial charge in [-0.15, -0.1) is 0 Å². The number of nitrogens with zero attached hydrogens (tertiary/aromatic N) is 3. The number of hydrogen-bond acceptors (Lipinski definition) is 5. The molecule has 2 aliphatic heterocycles. The third kappa shape index (κ3) is 3.30. The number of likely N-dealkylation sites (N-methyl/N-ethyl adjacent to an activating group) is 1. The molecule has 2 fully saturated rings. The van der Waals surface area contributed by atoms with Crippen LogP contribution >= 0.6 is 0 Å². The highest BCUT2D eigenvalue weighted by Crippen LogP contribution is 2.26. The number of carbonyl (C=O) groups excluding carboxylic acids is 1. The van der Waals surface area contributed by atoms with Crippen LogP contribution in [0.2, 0.25) is 0 Å². The summed E-state index contributed by atoms with van der Waals surface area (Å²) in [6, 6.07) is 3.95. The molecule has 1 aromatic rings. The van der Waals surface area contributed by atoms with Gasteiger partial charge in [-0.2, -0.15) is 0 Å². The van der Waals surface area contributed by atoms with E-state index in [4.69, 9.17) is 0 Å². The van der Waals surface area contributed by atoms with Crippen molar-refractivity contribution < 1.29 is 13.2 Å². The molecule has 1 aromatic heterocycles. The Bertz CT molecular complexity index is 641. The predicted molar refractivity (Wildman–Crippen MR) is 83.2 cm³/mol. The van der Waals surface area contributed by atoms with Gasteiger partial charge in [0, 0.05) is 37.4 Å². The molecule has 3 heterocycles. The standard InChI is InChI=1S/C15H21N3O3S/c1-17(14-4-7-22(20,21)11-14)10-15(19)18-8-13(9-18)12-2-5-16-6-3-12/h2-3,5-6,13-14H,4,7-11H2,1H3/t14-/m1/s1. The molecule has 0 N–H and O–H groups in total. The molecule has 22 heavy (non-hydrogen) atoms. The summed E-state index contributed by atoms with van der Waals surface area (Å²) in [4.78, 5) is 20.0. The van der Waals surface area contributed by atoms with Crippen molar-refractivity contribution >= 4 is 15.7 Å². The van der Waals surface area contributed by atoms with E-state index in [0.717, 1.165) is 13.1 Å². The summed E-state index contributed by atoms with van der Waals surface area (Å²) in [6.07, 6.45) is 4.17. The van der Waals surface area contributed by atoms with E-state index in [1.165, 1.54) is 5.56 Å². The number of carbonyl (C=O) groups is 1. The third-order valence-corrected chi connectivity index (χ3v) is 6.38. The van der Waals surface area contributed by atoms with Crippen LogP contribution in [-0.2, 0) is 14.6 Å². The molecule has 7 heteroatoms. The molecule has 0 unspecified atom stereocenters. The normalized spacial score (nSPS) is 24.5. The van der Waals surface area contributed by atoms with Gasteiger partial charge >= 0.3 is 0 Å². The first-order chi connectivity index (χ1) is 10.4. The van der Waals surface area contributed by atoms with Gasteiger partial charge in [0.05, 0.1) is 18.1 Å². The van der Waals surface area contributed by atoms with Crippen LogP contribution in [0.25, 0.3) is 0 Å². The van der Waals surface area contributed by atoms with Crippen molar-refractivity contribution in [3.05, 3.63) is 30.1 Å². The molecule has 1 amide bonds. The fourth-order valence-corrected chi connectivity index (χ4v) is 4.90. The van der Waals surface area contributed by atoms with Crippen LogP contribution in [0.5, 0.6) is 0 Å². The van der Waals surface area contributed by atoms with Crippen LogP contribution in [0, 0.1) is 0 Å². The molecule has 3 rings (SSSR count). The number of pyridine rings is 1. The number of aromatic nitrogens is 1. The fourth-order valence-electron chi connectivity index (χ4n) is 3.09. The lowest BCUT2D eigenvalue weighted by molar-refractivity contribution is -0.137. The molecule has 120 valence electrons. The fraction of sp³-hybridized carbons (Fsp3) is 0.600. The van der Waals surface area contributed by atoms with Gasteiger partial charge in [-0.1, -0.05) is 0 Å². The first kappa shape index (κ1) is 15.4. The molecule has 0 aliphatic carbocycles. The van der Waals surface area contributed by atoms with Crippen LogP contribution < -0.4 is 0 Å². The van der Waals surface area contributed by atoms with Gasteiger partial charge in [0.1, 0.15) is 0 Å². The maximum atomic E-state index is 12.3. The second kappa shape index (κ2) is 5.96. The second-order valence-corrected chi connectivity index (χ2v) is 8.48. The van der Waals surface area contributed by atoms with Gasteiger partial charge < -0.3 is 4.90 Å². The molecule has 6 nitrogen and oxygen atoms in total. The van der Waals surface area contributed by atoms with Crippen LogP contribution in [0.1, 0.15) is 17.9 Å². The molecular weight excluding hydrogens is 302 g/mol.